The first-order chi connectivity index (χ1) is 6.51. The molecule has 0 aliphatic heterocycles. The van der Waals surface area contributed by atoms with Gasteiger partial charge in [0.05, 0.1) is 0 Å². The largest absolute Gasteiger partial charge is 0.313 e. The average Bonchev–Trinajstić information content (AvgIpc) is 2.14. The number of hydrogen-bond acceptors (Lipinski definition) is 1. The average molecular weight is 197 g/mol. The minimum absolute atomic E-state index is 0.430. The fourth-order valence-corrected chi connectivity index (χ4v) is 2.30. The van der Waals surface area contributed by atoms with Crippen molar-refractivity contribution in [1.29, 1.82) is 0 Å². The van der Waals surface area contributed by atoms with E-state index < -0.39 is 0 Å². The van der Waals surface area contributed by atoms with E-state index in [0.717, 1.165) is 18.5 Å². The molecule has 0 saturated heterocycles. The van der Waals surface area contributed by atoms with Gasteiger partial charge in [-0.25, -0.2) is 0 Å². The second-order valence-electron chi connectivity index (χ2n) is 6.08. The van der Waals surface area contributed by atoms with Gasteiger partial charge in [0, 0.05) is 12.6 Å². The molecule has 0 spiro atoms. The molecule has 14 heavy (non-hydrogen) atoms. The van der Waals surface area contributed by atoms with Crippen LogP contribution in [0, 0.1) is 11.3 Å². The Morgan fingerprint density at radius 3 is 2.50 bits per heavy atom. The predicted molar refractivity (Wildman–Crippen MR) is 63.5 cm³/mol. The zero-order valence-corrected chi connectivity index (χ0v) is 10.4. The second kappa shape index (κ2) is 5.16. The number of rotatable bonds is 3. The summed E-state index contributed by atoms with van der Waals surface area (Å²) >= 11 is 0. The third kappa shape index (κ3) is 4.45. The smallest absolute Gasteiger partial charge is 0.00699 e. The summed E-state index contributed by atoms with van der Waals surface area (Å²) in [7, 11) is 0. The molecule has 2 unspecified atom stereocenters. The zero-order chi connectivity index (χ0) is 10.6. The van der Waals surface area contributed by atoms with Crippen LogP contribution in [0.2, 0.25) is 0 Å². The molecular formula is C13H27N. The van der Waals surface area contributed by atoms with Crippen molar-refractivity contribution in [2.24, 2.45) is 11.3 Å². The molecule has 1 saturated carbocycles. The molecule has 1 fully saturated rings. The second-order valence-corrected chi connectivity index (χ2v) is 6.08. The summed E-state index contributed by atoms with van der Waals surface area (Å²) in [4.78, 5) is 0. The van der Waals surface area contributed by atoms with Crippen LogP contribution in [0.4, 0.5) is 0 Å². The van der Waals surface area contributed by atoms with Gasteiger partial charge in [-0.1, -0.05) is 47.0 Å². The highest BCUT2D eigenvalue weighted by Gasteiger charge is 2.21. The van der Waals surface area contributed by atoms with Gasteiger partial charge in [-0.05, 0) is 24.2 Å². The molecule has 0 aromatic heterocycles. The van der Waals surface area contributed by atoms with Gasteiger partial charge in [0.25, 0.3) is 0 Å². The van der Waals surface area contributed by atoms with E-state index in [1.165, 1.54) is 32.1 Å². The molecule has 1 nitrogen and oxygen atoms in total. The minimum Gasteiger partial charge on any atom is -0.313 e. The highest BCUT2D eigenvalue weighted by molar-refractivity contribution is 4.79. The van der Waals surface area contributed by atoms with E-state index in [0.29, 0.717) is 5.41 Å². The van der Waals surface area contributed by atoms with Crippen LogP contribution in [-0.2, 0) is 0 Å². The summed E-state index contributed by atoms with van der Waals surface area (Å²) < 4.78 is 0. The molecule has 84 valence electrons. The third-order valence-electron chi connectivity index (χ3n) is 3.28. The standard InChI is InChI=1S/C13H27N/c1-5-11-7-6-8-12(9-11)14-10-13(2,3)4/h11-12,14H,5-10H2,1-4H3. The van der Waals surface area contributed by atoms with Crippen molar-refractivity contribution in [1.82, 2.24) is 5.32 Å². The quantitative estimate of drug-likeness (QED) is 0.729. The van der Waals surface area contributed by atoms with Crippen LogP contribution in [0.3, 0.4) is 0 Å². The Morgan fingerprint density at radius 2 is 1.93 bits per heavy atom. The summed E-state index contributed by atoms with van der Waals surface area (Å²) in [5, 5.41) is 3.73. The number of hydrogen-bond donors (Lipinski definition) is 1. The molecular weight excluding hydrogens is 170 g/mol. The highest BCUT2D eigenvalue weighted by Crippen LogP contribution is 2.27. The lowest BCUT2D eigenvalue weighted by atomic mass is 9.83. The fraction of sp³-hybridized carbons (Fsp3) is 1.00. The lowest BCUT2D eigenvalue weighted by Crippen LogP contribution is -2.38. The highest BCUT2D eigenvalue weighted by atomic mass is 14.9. The normalized spacial score (nSPS) is 29.1. The lowest BCUT2D eigenvalue weighted by Gasteiger charge is -2.31. The summed E-state index contributed by atoms with van der Waals surface area (Å²) in [5.41, 5.74) is 0.430. The van der Waals surface area contributed by atoms with Crippen LogP contribution in [0.5, 0.6) is 0 Å². The Balaban J connectivity index is 2.24. The Kier molecular flexibility index (Phi) is 4.43. The van der Waals surface area contributed by atoms with Gasteiger partial charge < -0.3 is 5.32 Å². The first kappa shape index (κ1) is 12.0. The molecule has 0 amide bonds. The molecule has 2 atom stereocenters. The van der Waals surface area contributed by atoms with Crippen molar-refractivity contribution in [2.45, 2.75) is 65.8 Å². The van der Waals surface area contributed by atoms with Crippen molar-refractivity contribution >= 4 is 0 Å². The van der Waals surface area contributed by atoms with Gasteiger partial charge in [0.2, 0.25) is 0 Å². The third-order valence-corrected chi connectivity index (χ3v) is 3.28. The van der Waals surface area contributed by atoms with Crippen LogP contribution in [-0.4, -0.2) is 12.6 Å². The SMILES string of the molecule is CCC1CCCC(NCC(C)(C)C)C1. The molecule has 0 aromatic carbocycles. The van der Waals surface area contributed by atoms with E-state index in [2.05, 4.69) is 33.0 Å². The predicted octanol–water partition coefficient (Wildman–Crippen LogP) is 3.59. The first-order valence-electron chi connectivity index (χ1n) is 6.24. The van der Waals surface area contributed by atoms with Crippen molar-refractivity contribution in [2.75, 3.05) is 6.54 Å². The Morgan fingerprint density at radius 1 is 1.21 bits per heavy atom. The van der Waals surface area contributed by atoms with Crippen molar-refractivity contribution in [3.63, 3.8) is 0 Å². The maximum absolute atomic E-state index is 3.73. The zero-order valence-electron chi connectivity index (χ0n) is 10.4. The summed E-state index contributed by atoms with van der Waals surface area (Å²) in [6, 6.07) is 0.799. The number of nitrogens with one attached hydrogen (secondary N) is 1. The first-order valence-corrected chi connectivity index (χ1v) is 6.24. The molecule has 1 aliphatic rings. The Hall–Kier alpha value is -0.0400. The minimum atomic E-state index is 0.430. The van der Waals surface area contributed by atoms with Crippen LogP contribution in [0.25, 0.3) is 0 Å². The maximum atomic E-state index is 3.73. The molecule has 1 aliphatic carbocycles. The Labute approximate surface area is 89.7 Å². The summed E-state index contributed by atoms with van der Waals surface area (Å²) in [6.45, 7) is 10.4. The van der Waals surface area contributed by atoms with Crippen LogP contribution >= 0.6 is 0 Å². The van der Waals surface area contributed by atoms with Gasteiger partial charge >= 0.3 is 0 Å². The monoisotopic (exact) mass is 197 g/mol. The molecule has 0 radical (unpaired) electrons. The molecule has 1 N–H and O–H groups in total. The van der Waals surface area contributed by atoms with Gasteiger partial charge in [0.15, 0.2) is 0 Å². The van der Waals surface area contributed by atoms with E-state index in [1.54, 1.807) is 0 Å². The van der Waals surface area contributed by atoms with Gasteiger partial charge in [-0.3, -0.25) is 0 Å². The van der Waals surface area contributed by atoms with Crippen molar-refractivity contribution in [3.05, 3.63) is 0 Å². The van der Waals surface area contributed by atoms with E-state index in [1.807, 2.05) is 0 Å². The molecule has 0 bridgehead atoms. The topological polar surface area (TPSA) is 12.0 Å². The van der Waals surface area contributed by atoms with E-state index in [9.17, 15) is 0 Å². The van der Waals surface area contributed by atoms with Gasteiger partial charge in [-0.2, -0.15) is 0 Å². The van der Waals surface area contributed by atoms with Gasteiger partial charge in [-0.15, -0.1) is 0 Å². The molecule has 1 rings (SSSR count). The summed E-state index contributed by atoms with van der Waals surface area (Å²) in [5.74, 6) is 0.987. The molecule has 0 heterocycles. The molecule has 0 aromatic rings. The van der Waals surface area contributed by atoms with Crippen LogP contribution in [0.15, 0.2) is 0 Å². The van der Waals surface area contributed by atoms with Crippen LogP contribution < -0.4 is 5.32 Å². The lowest BCUT2D eigenvalue weighted by molar-refractivity contribution is 0.254. The van der Waals surface area contributed by atoms with E-state index >= 15 is 0 Å². The molecule has 1 heteroatoms. The maximum Gasteiger partial charge on any atom is 0.00699 e. The van der Waals surface area contributed by atoms with E-state index in [4.69, 9.17) is 0 Å². The van der Waals surface area contributed by atoms with Crippen molar-refractivity contribution < 1.29 is 0 Å². The summed E-state index contributed by atoms with van der Waals surface area (Å²) in [6.07, 6.45) is 7.07. The van der Waals surface area contributed by atoms with Crippen LogP contribution in [0.1, 0.15) is 59.8 Å². The fourth-order valence-electron chi connectivity index (χ4n) is 2.30. The Bertz CT molecular complexity index is 157. The van der Waals surface area contributed by atoms with Gasteiger partial charge in [0.1, 0.15) is 0 Å². The van der Waals surface area contributed by atoms with E-state index in [-0.39, 0.29) is 0 Å². The van der Waals surface area contributed by atoms with Crippen molar-refractivity contribution in [3.8, 4) is 0 Å².